The van der Waals surface area contributed by atoms with Crippen molar-refractivity contribution in [1.29, 1.82) is 0 Å². The Balaban J connectivity index is 2.34. The van der Waals surface area contributed by atoms with Gasteiger partial charge >= 0.3 is 0 Å². The Morgan fingerprint density at radius 1 is 1.44 bits per heavy atom. The second-order valence-corrected chi connectivity index (χ2v) is 4.59. The van der Waals surface area contributed by atoms with Crippen molar-refractivity contribution in [3.8, 4) is 0 Å². The smallest absolute Gasteiger partial charge is 0.108 e. The molecule has 0 unspecified atom stereocenters. The third-order valence-corrected chi connectivity index (χ3v) is 3.73. The molecule has 0 aliphatic rings. The molecule has 0 aromatic carbocycles. The lowest BCUT2D eigenvalue weighted by molar-refractivity contribution is 0.643. The maximum atomic E-state index is 4.38. The molecule has 16 heavy (non-hydrogen) atoms. The maximum Gasteiger partial charge on any atom is 0.108 e. The monoisotopic (exact) mass is 282 g/mol. The SMILES string of the molecule is CCc1nccn1Cc1c(Br)c(C)nn1C. The Morgan fingerprint density at radius 3 is 2.75 bits per heavy atom. The van der Waals surface area contributed by atoms with Crippen LogP contribution in [0.3, 0.4) is 0 Å². The number of aryl methyl sites for hydroxylation is 3. The molecule has 2 rings (SSSR count). The van der Waals surface area contributed by atoms with Crippen molar-refractivity contribution in [3.05, 3.63) is 34.1 Å². The van der Waals surface area contributed by atoms with Crippen molar-refractivity contribution in [2.24, 2.45) is 7.05 Å². The van der Waals surface area contributed by atoms with Gasteiger partial charge in [0.05, 0.1) is 22.4 Å². The van der Waals surface area contributed by atoms with Crippen LogP contribution < -0.4 is 0 Å². The standard InChI is InChI=1S/C11H15BrN4/c1-4-10-13-5-6-16(10)7-9-11(12)8(2)14-15(9)3/h5-6H,4,7H2,1-3H3. The van der Waals surface area contributed by atoms with Gasteiger partial charge in [-0.2, -0.15) is 5.10 Å². The molecule has 0 saturated carbocycles. The van der Waals surface area contributed by atoms with Crippen LogP contribution in [0, 0.1) is 6.92 Å². The van der Waals surface area contributed by atoms with Crippen molar-refractivity contribution in [2.45, 2.75) is 26.8 Å². The number of aromatic nitrogens is 4. The minimum Gasteiger partial charge on any atom is -0.329 e. The summed E-state index contributed by atoms with van der Waals surface area (Å²) in [6, 6.07) is 0. The van der Waals surface area contributed by atoms with Crippen molar-refractivity contribution in [2.75, 3.05) is 0 Å². The molecule has 4 nitrogen and oxygen atoms in total. The number of imidazole rings is 1. The number of rotatable bonds is 3. The summed E-state index contributed by atoms with van der Waals surface area (Å²) in [6.45, 7) is 4.92. The Kier molecular flexibility index (Phi) is 3.14. The molecule has 0 N–H and O–H groups in total. The average Bonchev–Trinajstić information content (AvgIpc) is 2.79. The van der Waals surface area contributed by atoms with E-state index >= 15 is 0 Å². The second kappa shape index (κ2) is 4.41. The van der Waals surface area contributed by atoms with Gasteiger partial charge in [-0.25, -0.2) is 4.98 Å². The number of halogens is 1. The van der Waals surface area contributed by atoms with Gasteiger partial charge in [-0.1, -0.05) is 6.92 Å². The molecule has 0 aliphatic heterocycles. The summed E-state index contributed by atoms with van der Waals surface area (Å²) in [6.07, 6.45) is 4.80. The van der Waals surface area contributed by atoms with Gasteiger partial charge in [0.2, 0.25) is 0 Å². The first kappa shape index (κ1) is 11.4. The van der Waals surface area contributed by atoms with Crippen LogP contribution in [-0.2, 0) is 20.0 Å². The van der Waals surface area contributed by atoms with Gasteiger partial charge in [-0.05, 0) is 22.9 Å². The first-order valence-corrected chi connectivity index (χ1v) is 6.10. The molecule has 2 aromatic heterocycles. The largest absolute Gasteiger partial charge is 0.329 e. The minimum atomic E-state index is 0.807. The number of hydrogen-bond donors (Lipinski definition) is 0. The van der Waals surface area contributed by atoms with E-state index in [1.54, 1.807) is 0 Å². The van der Waals surface area contributed by atoms with Gasteiger partial charge in [0.1, 0.15) is 5.82 Å². The lowest BCUT2D eigenvalue weighted by atomic mass is 10.3. The first-order chi connectivity index (χ1) is 7.63. The van der Waals surface area contributed by atoms with Gasteiger partial charge in [0, 0.05) is 25.9 Å². The van der Waals surface area contributed by atoms with Crippen LogP contribution in [-0.4, -0.2) is 19.3 Å². The third kappa shape index (κ3) is 1.91. The Hall–Kier alpha value is -1.10. The summed E-state index contributed by atoms with van der Waals surface area (Å²) in [7, 11) is 1.97. The van der Waals surface area contributed by atoms with Gasteiger partial charge in [-0.3, -0.25) is 4.68 Å². The van der Waals surface area contributed by atoms with Crippen molar-refractivity contribution in [3.63, 3.8) is 0 Å². The fraction of sp³-hybridized carbons (Fsp3) is 0.455. The predicted molar refractivity (Wildman–Crippen MR) is 66.4 cm³/mol. The van der Waals surface area contributed by atoms with E-state index in [1.807, 2.05) is 31.0 Å². The zero-order chi connectivity index (χ0) is 11.7. The number of nitrogens with zero attached hydrogens (tertiary/aromatic N) is 4. The highest BCUT2D eigenvalue weighted by molar-refractivity contribution is 9.10. The van der Waals surface area contributed by atoms with E-state index in [9.17, 15) is 0 Å². The van der Waals surface area contributed by atoms with E-state index in [-0.39, 0.29) is 0 Å². The molecule has 0 atom stereocenters. The first-order valence-electron chi connectivity index (χ1n) is 5.31. The van der Waals surface area contributed by atoms with Gasteiger partial charge in [0.25, 0.3) is 0 Å². The van der Waals surface area contributed by atoms with Crippen LogP contribution in [0.2, 0.25) is 0 Å². The molecular weight excluding hydrogens is 268 g/mol. The Morgan fingerprint density at radius 2 is 2.19 bits per heavy atom. The predicted octanol–water partition coefficient (Wildman–Crippen LogP) is 2.30. The van der Waals surface area contributed by atoms with Crippen LogP contribution in [0.1, 0.15) is 24.1 Å². The summed E-state index contributed by atoms with van der Waals surface area (Å²) < 4.78 is 5.16. The molecule has 2 heterocycles. The molecule has 0 saturated heterocycles. The molecule has 0 radical (unpaired) electrons. The van der Waals surface area contributed by atoms with E-state index in [4.69, 9.17) is 0 Å². The Labute approximate surface area is 103 Å². The van der Waals surface area contributed by atoms with E-state index in [0.717, 1.165) is 29.0 Å². The summed E-state index contributed by atoms with van der Waals surface area (Å²) >= 11 is 3.58. The van der Waals surface area contributed by atoms with Crippen LogP contribution in [0.25, 0.3) is 0 Å². The molecule has 0 bridgehead atoms. The molecule has 0 aliphatic carbocycles. The molecular formula is C11H15BrN4. The summed E-state index contributed by atoms with van der Waals surface area (Å²) in [4.78, 5) is 4.31. The summed E-state index contributed by atoms with van der Waals surface area (Å²) in [5, 5.41) is 4.38. The molecule has 86 valence electrons. The topological polar surface area (TPSA) is 35.6 Å². The maximum absolute atomic E-state index is 4.38. The van der Waals surface area contributed by atoms with Crippen LogP contribution in [0.5, 0.6) is 0 Å². The van der Waals surface area contributed by atoms with Gasteiger partial charge in [-0.15, -0.1) is 0 Å². The highest BCUT2D eigenvalue weighted by Crippen LogP contribution is 2.21. The van der Waals surface area contributed by atoms with Crippen LogP contribution in [0.15, 0.2) is 16.9 Å². The molecule has 0 amide bonds. The van der Waals surface area contributed by atoms with Gasteiger partial charge in [0.15, 0.2) is 0 Å². The molecule has 0 spiro atoms. The Bertz CT molecular complexity index is 498. The van der Waals surface area contributed by atoms with E-state index in [2.05, 4.69) is 37.5 Å². The van der Waals surface area contributed by atoms with E-state index in [0.29, 0.717) is 0 Å². The molecule has 5 heteroatoms. The van der Waals surface area contributed by atoms with E-state index < -0.39 is 0 Å². The summed E-state index contributed by atoms with van der Waals surface area (Å²) in [5.74, 6) is 1.10. The highest BCUT2D eigenvalue weighted by atomic mass is 79.9. The van der Waals surface area contributed by atoms with Crippen LogP contribution >= 0.6 is 15.9 Å². The lowest BCUT2D eigenvalue weighted by Crippen LogP contribution is -2.08. The zero-order valence-corrected chi connectivity index (χ0v) is 11.3. The highest BCUT2D eigenvalue weighted by Gasteiger charge is 2.12. The van der Waals surface area contributed by atoms with Crippen molar-refractivity contribution in [1.82, 2.24) is 19.3 Å². The van der Waals surface area contributed by atoms with Gasteiger partial charge < -0.3 is 4.57 Å². The summed E-state index contributed by atoms with van der Waals surface area (Å²) in [5.41, 5.74) is 2.20. The third-order valence-electron chi connectivity index (χ3n) is 2.70. The normalized spacial score (nSPS) is 11.0. The fourth-order valence-corrected chi connectivity index (χ4v) is 2.27. The fourth-order valence-electron chi connectivity index (χ4n) is 1.81. The number of hydrogen-bond acceptors (Lipinski definition) is 2. The lowest BCUT2D eigenvalue weighted by Gasteiger charge is -2.07. The molecule has 2 aromatic rings. The van der Waals surface area contributed by atoms with Crippen molar-refractivity contribution < 1.29 is 0 Å². The van der Waals surface area contributed by atoms with Crippen molar-refractivity contribution >= 4 is 15.9 Å². The average molecular weight is 283 g/mol. The second-order valence-electron chi connectivity index (χ2n) is 3.79. The van der Waals surface area contributed by atoms with E-state index in [1.165, 1.54) is 5.69 Å². The molecule has 0 fully saturated rings. The van der Waals surface area contributed by atoms with Crippen LogP contribution in [0.4, 0.5) is 0 Å². The minimum absolute atomic E-state index is 0.807. The quantitative estimate of drug-likeness (QED) is 0.866. The zero-order valence-electron chi connectivity index (χ0n) is 9.74.